The number of phosphoric ester groups is 1. The Bertz CT molecular complexity index is 616. The van der Waals surface area contributed by atoms with E-state index in [1.54, 1.807) is 13.8 Å². The van der Waals surface area contributed by atoms with Crippen LogP contribution in [0.2, 0.25) is 0 Å². The molecule has 0 radical (unpaired) electrons. The van der Waals surface area contributed by atoms with Crippen molar-refractivity contribution in [2.24, 2.45) is 5.92 Å². The predicted molar refractivity (Wildman–Crippen MR) is 87.8 cm³/mol. The van der Waals surface area contributed by atoms with Crippen LogP contribution in [0.1, 0.15) is 20.8 Å². The van der Waals surface area contributed by atoms with Gasteiger partial charge in [0.15, 0.2) is 0 Å². The lowest BCUT2D eigenvalue weighted by Gasteiger charge is -2.28. The minimum Gasteiger partial charge on any atom is -0.376 e. The summed E-state index contributed by atoms with van der Waals surface area (Å²) >= 11 is 0. The summed E-state index contributed by atoms with van der Waals surface area (Å²) in [4.78, 5) is 41.6. The SMILES string of the molecule is COC1[C@H](C2C=CC(=O)NC2=O)O[C@H](C(C)OP(=O)(O)O)[C@@H]1OC(C)C. The van der Waals surface area contributed by atoms with Gasteiger partial charge in [-0.1, -0.05) is 6.08 Å². The van der Waals surface area contributed by atoms with E-state index in [1.807, 2.05) is 0 Å². The van der Waals surface area contributed by atoms with Gasteiger partial charge in [0.25, 0.3) is 0 Å². The van der Waals surface area contributed by atoms with E-state index in [1.165, 1.54) is 26.2 Å². The number of rotatable bonds is 7. The van der Waals surface area contributed by atoms with Crippen molar-refractivity contribution in [3.05, 3.63) is 12.2 Å². The molecule has 11 heteroatoms. The molecule has 0 saturated carbocycles. The highest BCUT2D eigenvalue weighted by Gasteiger charge is 2.53. The lowest BCUT2D eigenvalue weighted by atomic mass is 9.92. The smallest absolute Gasteiger partial charge is 0.376 e. The zero-order valence-electron chi connectivity index (χ0n) is 14.9. The van der Waals surface area contributed by atoms with E-state index in [0.717, 1.165) is 0 Å². The number of amides is 2. The van der Waals surface area contributed by atoms with Gasteiger partial charge in [0, 0.05) is 13.2 Å². The molecule has 0 aliphatic carbocycles. The first-order valence-electron chi connectivity index (χ1n) is 8.14. The molecule has 1 fully saturated rings. The first-order chi connectivity index (χ1) is 12.0. The Hall–Kier alpha value is -1.13. The van der Waals surface area contributed by atoms with Crippen LogP contribution < -0.4 is 5.32 Å². The Morgan fingerprint density at radius 2 is 1.88 bits per heavy atom. The third-order valence-corrected chi connectivity index (χ3v) is 4.72. The Morgan fingerprint density at radius 1 is 1.23 bits per heavy atom. The number of imide groups is 1. The molecule has 2 aliphatic rings. The second-order valence-electron chi connectivity index (χ2n) is 6.45. The number of ether oxygens (including phenoxy) is 3. The standard InChI is InChI=1S/C15H24NO9P/c1-7(2)23-14-11(8(3)25-26(19,20)21)24-12(13(14)22-4)9-5-6-10(17)16-15(9)18/h5-9,11-14H,1-4H3,(H,16,17,18)(H2,19,20,21)/t8?,9?,11-,12+,13?,14+/m1/s1. The second-order valence-corrected chi connectivity index (χ2v) is 7.65. The van der Waals surface area contributed by atoms with E-state index in [2.05, 4.69) is 5.32 Å². The molecular weight excluding hydrogens is 369 g/mol. The van der Waals surface area contributed by atoms with E-state index >= 15 is 0 Å². The number of methoxy groups -OCH3 is 1. The van der Waals surface area contributed by atoms with Crippen LogP contribution >= 0.6 is 7.82 Å². The third-order valence-electron chi connectivity index (χ3n) is 4.11. The molecule has 3 unspecified atom stereocenters. The van der Waals surface area contributed by atoms with Gasteiger partial charge in [-0.05, 0) is 20.8 Å². The fourth-order valence-corrected chi connectivity index (χ4v) is 3.73. The van der Waals surface area contributed by atoms with Gasteiger partial charge < -0.3 is 24.0 Å². The van der Waals surface area contributed by atoms with E-state index in [0.29, 0.717) is 0 Å². The molecule has 2 heterocycles. The van der Waals surface area contributed by atoms with Gasteiger partial charge in [-0.3, -0.25) is 19.4 Å². The van der Waals surface area contributed by atoms with Gasteiger partial charge in [0.2, 0.25) is 11.8 Å². The number of carbonyl (C=O) groups excluding carboxylic acids is 2. The first kappa shape index (κ1) is 21.2. The van der Waals surface area contributed by atoms with Crippen LogP contribution in [-0.4, -0.2) is 65.3 Å². The summed E-state index contributed by atoms with van der Waals surface area (Å²) in [5, 5.41) is 2.19. The Kier molecular flexibility index (Phi) is 6.73. The van der Waals surface area contributed by atoms with Crippen LogP contribution in [0.25, 0.3) is 0 Å². The number of nitrogens with one attached hydrogen (secondary N) is 1. The molecule has 3 N–H and O–H groups in total. The van der Waals surface area contributed by atoms with Gasteiger partial charge in [-0.2, -0.15) is 0 Å². The summed E-state index contributed by atoms with van der Waals surface area (Å²) in [6.45, 7) is 5.02. The molecule has 2 rings (SSSR count). The molecule has 6 atom stereocenters. The maximum atomic E-state index is 12.2. The summed E-state index contributed by atoms with van der Waals surface area (Å²) < 4.78 is 33.1. The lowest BCUT2D eigenvalue weighted by Crippen LogP contribution is -2.47. The van der Waals surface area contributed by atoms with Crippen LogP contribution in [0, 0.1) is 5.92 Å². The molecule has 26 heavy (non-hydrogen) atoms. The minimum atomic E-state index is -4.75. The van der Waals surface area contributed by atoms with Crippen LogP contribution in [0.4, 0.5) is 0 Å². The lowest BCUT2D eigenvalue weighted by molar-refractivity contribution is -0.137. The maximum Gasteiger partial charge on any atom is 0.469 e. The third kappa shape index (κ3) is 4.98. The van der Waals surface area contributed by atoms with Crippen LogP contribution in [0.15, 0.2) is 12.2 Å². The molecule has 2 amide bonds. The van der Waals surface area contributed by atoms with Crippen molar-refractivity contribution in [2.45, 2.75) is 57.4 Å². The van der Waals surface area contributed by atoms with Crippen molar-refractivity contribution in [3.63, 3.8) is 0 Å². The van der Waals surface area contributed by atoms with Gasteiger partial charge in [0.05, 0.1) is 18.1 Å². The Labute approximate surface area is 151 Å². The summed E-state index contributed by atoms with van der Waals surface area (Å²) in [6, 6.07) is 0. The van der Waals surface area contributed by atoms with Crippen molar-refractivity contribution in [2.75, 3.05) is 7.11 Å². The van der Waals surface area contributed by atoms with Crippen LogP contribution in [-0.2, 0) is 32.9 Å². The maximum absolute atomic E-state index is 12.2. The van der Waals surface area contributed by atoms with Crippen molar-refractivity contribution in [1.82, 2.24) is 5.32 Å². The minimum absolute atomic E-state index is 0.234. The largest absolute Gasteiger partial charge is 0.469 e. The molecule has 0 aromatic carbocycles. The van der Waals surface area contributed by atoms with Gasteiger partial charge in [0.1, 0.15) is 24.4 Å². The first-order valence-corrected chi connectivity index (χ1v) is 9.67. The van der Waals surface area contributed by atoms with Crippen LogP contribution in [0.5, 0.6) is 0 Å². The number of hydrogen-bond acceptors (Lipinski definition) is 7. The van der Waals surface area contributed by atoms with Crippen molar-refractivity contribution >= 4 is 19.6 Å². The fraction of sp³-hybridized carbons (Fsp3) is 0.733. The van der Waals surface area contributed by atoms with Crippen molar-refractivity contribution in [1.29, 1.82) is 0 Å². The highest BCUT2D eigenvalue weighted by atomic mass is 31.2. The second kappa shape index (κ2) is 8.26. The van der Waals surface area contributed by atoms with Crippen molar-refractivity contribution in [3.8, 4) is 0 Å². The Balaban J connectivity index is 2.30. The van der Waals surface area contributed by atoms with E-state index in [-0.39, 0.29) is 6.10 Å². The molecule has 0 spiro atoms. The van der Waals surface area contributed by atoms with E-state index < -0.39 is 56.1 Å². The van der Waals surface area contributed by atoms with Gasteiger partial charge >= 0.3 is 7.82 Å². The molecular formula is C15H24NO9P. The number of hydrogen-bond donors (Lipinski definition) is 3. The summed E-state index contributed by atoms with van der Waals surface area (Å²) in [5.74, 6) is -1.89. The zero-order chi connectivity index (χ0) is 19.6. The predicted octanol–water partition coefficient (Wildman–Crippen LogP) is -0.111. The molecule has 0 aromatic rings. The van der Waals surface area contributed by atoms with Crippen molar-refractivity contribution < 1.29 is 42.7 Å². The summed E-state index contributed by atoms with van der Waals surface area (Å²) in [6.07, 6.45) is -1.77. The summed E-state index contributed by atoms with van der Waals surface area (Å²) in [5.41, 5.74) is 0. The number of carbonyl (C=O) groups is 2. The molecule has 10 nitrogen and oxygen atoms in total. The highest BCUT2D eigenvalue weighted by Crippen LogP contribution is 2.42. The topological polar surface area (TPSA) is 141 Å². The fourth-order valence-electron chi connectivity index (χ4n) is 3.17. The normalized spacial score (nSPS) is 33.6. The molecule has 2 aliphatic heterocycles. The summed E-state index contributed by atoms with van der Waals surface area (Å²) in [7, 11) is -3.33. The molecule has 1 saturated heterocycles. The average molecular weight is 393 g/mol. The molecule has 0 aromatic heterocycles. The highest BCUT2D eigenvalue weighted by molar-refractivity contribution is 7.46. The molecule has 148 valence electrons. The number of phosphoric acid groups is 1. The van der Waals surface area contributed by atoms with E-state index in [4.69, 9.17) is 28.5 Å². The Morgan fingerprint density at radius 3 is 2.38 bits per heavy atom. The van der Waals surface area contributed by atoms with Gasteiger partial charge in [-0.25, -0.2) is 4.57 Å². The quantitative estimate of drug-likeness (QED) is 0.399. The van der Waals surface area contributed by atoms with Crippen LogP contribution in [0.3, 0.4) is 0 Å². The zero-order valence-corrected chi connectivity index (χ0v) is 15.8. The average Bonchev–Trinajstić information content (AvgIpc) is 2.83. The molecule has 0 bridgehead atoms. The van der Waals surface area contributed by atoms with Gasteiger partial charge in [-0.15, -0.1) is 0 Å². The van der Waals surface area contributed by atoms with E-state index in [9.17, 15) is 14.2 Å². The monoisotopic (exact) mass is 393 g/mol.